The first kappa shape index (κ1) is 11.7. The van der Waals surface area contributed by atoms with Crippen molar-refractivity contribution in [3.05, 3.63) is 0 Å². The Hall–Kier alpha value is -0.300. The van der Waals surface area contributed by atoms with Gasteiger partial charge in [-0.2, -0.15) is 11.8 Å². The minimum atomic E-state index is -1.22. The van der Waals surface area contributed by atoms with Crippen molar-refractivity contribution < 1.29 is 20.3 Å². The van der Waals surface area contributed by atoms with Gasteiger partial charge in [0.1, 0.15) is 0 Å². The molecule has 12 heavy (non-hydrogen) atoms. The van der Waals surface area contributed by atoms with Crippen LogP contribution in [0.2, 0.25) is 0 Å². The molecule has 72 valence electrons. The fourth-order valence-corrected chi connectivity index (χ4v) is 1.21. The van der Waals surface area contributed by atoms with Crippen molar-refractivity contribution in [2.75, 3.05) is 12.0 Å². The van der Waals surface area contributed by atoms with Gasteiger partial charge < -0.3 is 5.11 Å². The molecule has 6 heteroatoms. The lowest BCUT2D eigenvalue weighted by molar-refractivity contribution is -0.328. The van der Waals surface area contributed by atoms with Crippen LogP contribution in [0, 0.1) is 0 Å². The van der Waals surface area contributed by atoms with Crippen LogP contribution >= 0.6 is 11.8 Å². The molecule has 0 aliphatic rings. The van der Waals surface area contributed by atoms with Gasteiger partial charge >= 0.3 is 5.97 Å². The number of rotatable bonds is 6. The van der Waals surface area contributed by atoms with E-state index in [9.17, 15) is 4.79 Å². The number of hydrogen-bond donors (Lipinski definition) is 3. The average molecular weight is 195 g/mol. The lowest BCUT2D eigenvalue weighted by Crippen LogP contribution is -2.36. The van der Waals surface area contributed by atoms with Gasteiger partial charge in [-0.3, -0.25) is 15.2 Å². The molecule has 0 aromatic heterocycles. The summed E-state index contributed by atoms with van der Waals surface area (Å²) in [4.78, 5) is 10.4. The Morgan fingerprint density at radius 1 is 1.58 bits per heavy atom. The van der Waals surface area contributed by atoms with Crippen LogP contribution in [0.4, 0.5) is 0 Å². The maximum Gasteiger partial charge on any atom is 0.325 e. The van der Waals surface area contributed by atoms with E-state index in [-0.39, 0.29) is 11.6 Å². The van der Waals surface area contributed by atoms with Crippen LogP contribution in [-0.2, 0) is 4.79 Å². The second-order valence-electron chi connectivity index (χ2n) is 2.31. The highest BCUT2D eigenvalue weighted by atomic mass is 32.2. The van der Waals surface area contributed by atoms with Crippen LogP contribution in [0.1, 0.15) is 12.8 Å². The summed E-state index contributed by atoms with van der Waals surface area (Å²) < 4.78 is 0. The van der Waals surface area contributed by atoms with Crippen molar-refractivity contribution in [3.63, 3.8) is 0 Å². The Labute approximate surface area is 74.9 Å². The molecule has 0 spiro atoms. The molecule has 0 bridgehead atoms. The van der Waals surface area contributed by atoms with E-state index in [1.165, 1.54) is 0 Å². The molecule has 0 rings (SSSR count). The monoisotopic (exact) mass is 195 g/mol. The molecule has 0 heterocycles. The maximum atomic E-state index is 10.4. The number of hydrogen-bond acceptors (Lipinski definition) is 5. The average Bonchev–Trinajstić information content (AvgIpc) is 1.96. The Kier molecular flexibility index (Phi) is 6.09. The zero-order valence-electron chi connectivity index (χ0n) is 6.80. The highest BCUT2D eigenvalue weighted by Gasteiger charge is 2.22. The van der Waals surface area contributed by atoms with Gasteiger partial charge in [0, 0.05) is 0 Å². The molecule has 0 radical (unpaired) electrons. The van der Waals surface area contributed by atoms with E-state index in [2.05, 4.69) is 0 Å². The van der Waals surface area contributed by atoms with Gasteiger partial charge in [0.25, 0.3) is 0 Å². The van der Waals surface area contributed by atoms with Gasteiger partial charge in [-0.05, 0) is 24.9 Å². The highest BCUT2D eigenvalue weighted by molar-refractivity contribution is 7.98. The molecule has 0 saturated heterocycles. The Morgan fingerprint density at radius 3 is 2.50 bits per heavy atom. The lowest BCUT2D eigenvalue weighted by Gasteiger charge is -2.15. The van der Waals surface area contributed by atoms with E-state index >= 15 is 0 Å². The van der Waals surface area contributed by atoms with E-state index < -0.39 is 12.0 Å². The summed E-state index contributed by atoms with van der Waals surface area (Å²) in [5, 5.41) is 25.2. The van der Waals surface area contributed by atoms with E-state index in [0.29, 0.717) is 6.42 Å². The lowest BCUT2D eigenvalue weighted by atomic mass is 10.2. The van der Waals surface area contributed by atoms with Crippen molar-refractivity contribution in [1.29, 1.82) is 0 Å². The predicted molar refractivity (Wildman–Crippen MR) is 44.5 cm³/mol. The molecular weight excluding hydrogens is 182 g/mol. The van der Waals surface area contributed by atoms with Gasteiger partial charge in [0.05, 0.1) is 0 Å². The fraction of sp³-hybridized carbons (Fsp3) is 0.833. The molecule has 0 unspecified atom stereocenters. The fourth-order valence-electron chi connectivity index (χ4n) is 0.759. The predicted octanol–water partition coefficient (Wildman–Crippen LogP) is 0.663. The van der Waals surface area contributed by atoms with Crippen LogP contribution in [0.3, 0.4) is 0 Å². The van der Waals surface area contributed by atoms with E-state index in [1.807, 2.05) is 6.26 Å². The number of aliphatic carboxylic acids is 1. The molecule has 0 fully saturated rings. The third-order valence-corrected chi connectivity index (χ3v) is 2.09. The molecular formula is C6H13NO4S. The largest absolute Gasteiger partial charge is 0.480 e. The summed E-state index contributed by atoms with van der Waals surface area (Å²) in [6.07, 6.45) is 2.80. The maximum absolute atomic E-state index is 10.4. The number of carboxylic acids is 1. The Balaban J connectivity index is 3.72. The van der Waals surface area contributed by atoms with Crippen LogP contribution < -0.4 is 0 Å². The molecule has 5 nitrogen and oxygen atoms in total. The third kappa shape index (κ3) is 4.55. The van der Waals surface area contributed by atoms with Gasteiger partial charge in [-0.25, -0.2) is 0 Å². The SMILES string of the molecule is CSCCC[C@@H](C(=O)O)N(O)O. The molecule has 0 aromatic rings. The van der Waals surface area contributed by atoms with Gasteiger partial charge in [-0.1, -0.05) is 5.23 Å². The molecule has 0 aromatic carbocycles. The first-order valence-corrected chi connectivity index (χ1v) is 4.87. The van der Waals surface area contributed by atoms with Crippen molar-refractivity contribution in [3.8, 4) is 0 Å². The topological polar surface area (TPSA) is 81.0 Å². The zero-order chi connectivity index (χ0) is 9.56. The van der Waals surface area contributed by atoms with Gasteiger partial charge in [0.15, 0.2) is 6.04 Å². The van der Waals surface area contributed by atoms with Crippen molar-refractivity contribution in [2.24, 2.45) is 0 Å². The van der Waals surface area contributed by atoms with Gasteiger partial charge in [-0.15, -0.1) is 0 Å². The first-order valence-electron chi connectivity index (χ1n) is 3.48. The van der Waals surface area contributed by atoms with Crippen molar-refractivity contribution in [1.82, 2.24) is 5.23 Å². The zero-order valence-corrected chi connectivity index (χ0v) is 7.62. The minimum Gasteiger partial charge on any atom is -0.480 e. The normalized spacial score (nSPS) is 13.3. The number of carbonyl (C=O) groups is 1. The molecule has 0 aliphatic carbocycles. The quantitative estimate of drug-likeness (QED) is 0.427. The summed E-state index contributed by atoms with van der Waals surface area (Å²) in [7, 11) is 0. The summed E-state index contributed by atoms with van der Waals surface area (Å²) in [5.41, 5.74) is 0. The number of nitrogens with zero attached hydrogens (tertiary/aromatic N) is 1. The second-order valence-corrected chi connectivity index (χ2v) is 3.30. The van der Waals surface area contributed by atoms with Crippen LogP contribution in [-0.4, -0.2) is 44.8 Å². The smallest absolute Gasteiger partial charge is 0.325 e. The van der Waals surface area contributed by atoms with E-state index in [4.69, 9.17) is 15.5 Å². The summed E-state index contributed by atoms with van der Waals surface area (Å²) in [6, 6.07) is -1.21. The first-order chi connectivity index (χ1) is 5.59. The minimum absolute atomic E-state index is 0.239. The van der Waals surface area contributed by atoms with Crippen LogP contribution in [0.25, 0.3) is 0 Å². The third-order valence-electron chi connectivity index (χ3n) is 1.39. The summed E-state index contributed by atoms with van der Waals surface area (Å²) in [6.45, 7) is 0. The number of carboxylic acid groups (broad SMARTS) is 1. The number of hydroxylamine groups is 2. The van der Waals surface area contributed by atoms with Crippen LogP contribution in [0.5, 0.6) is 0 Å². The Bertz CT molecular complexity index is 142. The Morgan fingerprint density at radius 2 is 2.17 bits per heavy atom. The number of thioether (sulfide) groups is 1. The van der Waals surface area contributed by atoms with Crippen molar-refractivity contribution >= 4 is 17.7 Å². The van der Waals surface area contributed by atoms with Crippen LogP contribution in [0.15, 0.2) is 0 Å². The van der Waals surface area contributed by atoms with Gasteiger partial charge in [0.2, 0.25) is 0 Å². The molecule has 0 aliphatic heterocycles. The standard InChI is InChI=1S/C6H13NO4S/c1-12-4-2-3-5(6(8)9)7(10)11/h5,10-11H,2-4H2,1H3,(H,8,9)/t5-/m0/s1. The molecule has 0 amide bonds. The summed E-state index contributed by atoms with van der Waals surface area (Å²) >= 11 is 1.59. The highest BCUT2D eigenvalue weighted by Crippen LogP contribution is 2.06. The van der Waals surface area contributed by atoms with E-state index in [1.54, 1.807) is 11.8 Å². The molecule has 3 N–H and O–H groups in total. The van der Waals surface area contributed by atoms with Crippen molar-refractivity contribution in [2.45, 2.75) is 18.9 Å². The second kappa shape index (κ2) is 6.24. The molecule has 0 saturated carbocycles. The molecule has 1 atom stereocenters. The summed E-state index contributed by atoms with van der Waals surface area (Å²) in [5.74, 6) is -0.404. The van der Waals surface area contributed by atoms with E-state index in [0.717, 1.165) is 5.75 Å².